The summed E-state index contributed by atoms with van der Waals surface area (Å²) in [4.78, 5) is 31.0. The molecule has 20 heavy (non-hydrogen) atoms. The van der Waals surface area contributed by atoms with Crippen LogP contribution in [-0.4, -0.2) is 27.0 Å². The number of nitrogens with one attached hydrogen (secondary N) is 1. The topological polar surface area (TPSA) is 92.2 Å². The first-order chi connectivity index (χ1) is 9.66. The molecule has 1 aromatic heterocycles. The second-order valence-electron chi connectivity index (χ2n) is 6.06. The van der Waals surface area contributed by atoms with Crippen LogP contribution in [0.15, 0.2) is 12.4 Å². The fourth-order valence-electron chi connectivity index (χ4n) is 4.46. The maximum Gasteiger partial charge on any atom is 0.358 e. The van der Waals surface area contributed by atoms with E-state index in [4.69, 9.17) is 5.11 Å². The van der Waals surface area contributed by atoms with Gasteiger partial charge in [-0.2, -0.15) is 0 Å². The van der Waals surface area contributed by atoms with Crippen LogP contribution >= 0.6 is 0 Å². The van der Waals surface area contributed by atoms with Crippen LogP contribution in [0, 0.1) is 29.6 Å². The van der Waals surface area contributed by atoms with Crippen LogP contribution in [-0.2, 0) is 4.79 Å². The first-order valence-electron chi connectivity index (χ1n) is 7.02. The third-order valence-electron chi connectivity index (χ3n) is 5.18. The van der Waals surface area contributed by atoms with Crippen molar-refractivity contribution in [2.24, 2.45) is 29.6 Å². The van der Waals surface area contributed by atoms with E-state index in [2.05, 4.69) is 15.3 Å². The smallest absolute Gasteiger partial charge is 0.358 e. The quantitative estimate of drug-likeness (QED) is 0.868. The van der Waals surface area contributed by atoms with Crippen LogP contribution < -0.4 is 5.32 Å². The molecule has 3 aliphatic rings. The number of amides is 1. The zero-order valence-electron chi connectivity index (χ0n) is 10.8. The number of anilines is 1. The van der Waals surface area contributed by atoms with Gasteiger partial charge in [-0.05, 0) is 42.9 Å². The molecule has 3 aliphatic carbocycles. The summed E-state index contributed by atoms with van der Waals surface area (Å²) < 4.78 is 0. The highest BCUT2D eigenvalue weighted by atomic mass is 16.4. The Balaban J connectivity index is 1.51. The fraction of sp³-hybridized carbons (Fsp3) is 0.571. The van der Waals surface area contributed by atoms with Crippen molar-refractivity contribution in [3.8, 4) is 0 Å². The van der Waals surface area contributed by atoms with E-state index in [1.807, 2.05) is 0 Å². The van der Waals surface area contributed by atoms with Gasteiger partial charge in [-0.1, -0.05) is 0 Å². The summed E-state index contributed by atoms with van der Waals surface area (Å²) in [6.45, 7) is 0. The van der Waals surface area contributed by atoms with Crippen LogP contribution in [0.4, 0.5) is 5.82 Å². The minimum Gasteiger partial charge on any atom is -0.476 e. The molecular formula is C14H15N3O3. The molecule has 0 aliphatic heterocycles. The van der Waals surface area contributed by atoms with Crippen LogP contribution in [0.2, 0.25) is 0 Å². The summed E-state index contributed by atoms with van der Waals surface area (Å²) in [7, 11) is 0. The Kier molecular flexibility index (Phi) is 2.37. The van der Waals surface area contributed by atoms with Crippen molar-refractivity contribution < 1.29 is 14.7 Å². The van der Waals surface area contributed by atoms with Gasteiger partial charge >= 0.3 is 5.97 Å². The Hall–Kier alpha value is -1.98. The van der Waals surface area contributed by atoms with E-state index in [1.54, 1.807) is 0 Å². The second-order valence-corrected chi connectivity index (χ2v) is 6.06. The van der Waals surface area contributed by atoms with Crippen LogP contribution in [0.1, 0.15) is 29.8 Å². The molecule has 4 atom stereocenters. The molecule has 6 nitrogen and oxygen atoms in total. The zero-order chi connectivity index (χ0) is 13.9. The molecule has 0 radical (unpaired) electrons. The van der Waals surface area contributed by atoms with E-state index in [-0.39, 0.29) is 23.3 Å². The van der Waals surface area contributed by atoms with Gasteiger partial charge in [0.1, 0.15) is 0 Å². The highest BCUT2D eigenvalue weighted by Gasteiger charge is 2.67. The summed E-state index contributed by atoms with van der Waals surface area (Å²) in [5.41, 5.74) is -0.199. The van der Waals surface area contributed by atoms with Crippen molar-refractivity contribution in [3.63, 3.8) is 0 Å². The van der Waals surface area contributed by atoms with E-state index >= 15 is 0 Å². The molecule has 0 saturated heterocycles. The van der Waals surface area contributed by atoms with Gasteiger partial charge in [-0.25, -0.2) is 14.8 Å². The number of carboxylic acid groups (broad SMARTS) is 1. The molecule has 0 aromatic carbocycles. The maximum atomic E-state index is 12.3. The van der Waals surface area contributed by atoms with E-state index in [0.29, 0.717) is 23.7 Å². The van der Waals surface area contributed by atoms with Crippen molar-refractivity contribution in [2.45, 2.75) is 19.3 Å². The molecule has 4 unspecified atom stereocenters. The average molecular weight is 273 g/mol. The Morgan fingerprint density at radius 2 is 1.80 bits per heavy atom. The van der Waals surface area contributed by atoms with Crippen molar-refractivity contribution in [1.82, 2.24) is 9.97 Å². The summed E-state index contributed by atoms with van der Waals surface area (Å²) in [6.07, 6.45) is 6.48. The molecule has 0 spiro atoms. The van der Waals surface area contributed by atoms with Gasteiger partial charge in [0, 0.05) is 18.3 Å². The Morgan fingerprint density at radius 3 is 2.45 bits per heavy atom. The third kappa shape index (κ3) is 1.57. The van der Waals surface area contributed by atoms with Gasteiger partial charge in [-0.15, -0.1) is 0 Å². The van der Waals surface area contributed by atoms with Crippen LogP contribution in [0.25, 0.3) is 0 Å². The standard InChI is InChI=1S/C14H15N3O3/c18-13(10-8-6-1-2-7(5-6)9(8)10)17-12-11(14(19)20)15-3-4-16-12/h3-4,6-10H,1-2,5H2,(H,19,20)(H,16,17,18). The number of rotatable bonds is 3. The number of hydrogen-bond donors (Lipinski definition) is 2. The van der Waals surface area contributed by atoms with Gasteiger partial charge in [-0.3, -0.25) is 4.79 Å². The van der Waals surface area contributed by atoms with Gasteiger partial charge in [0.25, 0.3) is 0 Å². The molecule has 1 aromatic rings. The lowest BCUT2D eigenvalue weighted by atomic mass is 10.0. The van der Waals surface area contributed by atoms with E-state index in [0.717, 1.165) is 0 Å². The lowest BCUT2D eigenvalue weighted by Crippen LogP contribution is -2.21. The van der Waals surface area contributed by atoms with Crippen molar-refractivity contribution in [3.05, 3.63) is 18.1 Å². The monoisotopic (exact) mass is 273 g/mol. The van der Waals surface area contributed by atoms with Crippen LogP contribution in [0.5, 0.6) is 0 Å². The van der Waals surface area contributed by atoms with Crippen molar-refractivity contribution in [2.75, 3.05) is 5.32 Å². The molecule has 4 rings (SSSR count). The number of carbonyl (C=O) groups excluding carboxylic acids is 1. The number of carbonyl (C=O) groups is 2. The SMILES string of the molecule is O=C(O)c1nccnc1NC(=O)C1C2C3CCC(C3)C12. The molecule has 1 heterocycles. The normalized spacial score (nSPS) is 36.5. The number of carboxylic acids is 1. The molecule has 1 amide bonds. The molecule has 104 valence electrons. The maximum absolute atomic E-state index is 12.3. The first-order valence-corrected chi connectivity index (χ1v) is 7.02. The number of aromatic nitrogens is 2. The van der Waals surface area contributed by atoms with E-state index in [1.165, 1.54) is 31.7 Å². The first kappa shape index (κ1) is 11.8. The lowest BCUT2D eigenvalue weighted by molar-refractivity contribution is -0.118. The second kappa shape index (κ2) is 4.01. The summed E-state index contributed by atoms with van der Waals surface area (Å²) in [5.74, 6) is 1.33. The highest BCUT2D eigenvalue weighted by Crippen LogP contribution is 2.69. The molecule has 3 fully saturated rings. The number of nitrogens with zero attached hydrogens (tertiary/aromatic N) is 2. The minimum atomic E-state index is -1.18. The Bertz CT molecular complexity index is 587. The molecule has 6 heteroatoms. The minimum absolute atomic E-state index is 0.0577. The van der Waals surface area contributed by atoms with Crippen molar-refractivity contribution in [1.29, 1.82) is 0 Å². The Labute approximate surface area is 115 Å². The molecular weight excluding hydrogens is 258 g/mol. The number of hydrogen-bond acceptors (Lipinski definition) is 4. The van der Waals surface area contributed by atoms with Gasteiger partial charge in [0.05, 0.1) is 0 Å². The predicted octanol–water partition coefficient (Wildman–Crippen LogP) is 1.41. The number of fused-ring (bicyclic) bond motifs is 5. The molecule has 3 saturated carbocycles. The molecule has 2 bridgehead atoms. The van der Waals surface area contributed by atoms with Gasteiger partial charge in [0.2, 0.25) is 5.91 Å². The van der Waals surface area contributed by atoms with E-state index < -0.39 is 5.97 Å². The summed E-state index contributed by atoms with van der Waals surface area (Å²) >= 11 is 0. The third-order valence-corrected chi connectivity index (χ3v) is 5.18. The largest absolute Gasteiger partial charge is 0.476 e. The predicted molar refractivity (Wildman–Crippen MR) is 68.9 cm³/mol. The summed E-state index contributed by atoms with van der Waals surface area (Å²) in [6, 6.07) is 0. The Morgan fingerprint density at radius 1 is 1.15 bits per heavy atom. The lowest BCUT2D eigenvalue weighted by Gasteiger charge is -2.10. The van der Waals surface area contributed by atoms with Crippen molar-refractivity contribution >= 4 is 17.7 Å². The highest BCUT2D eigenvalue weighted by molar-refractivity contribution is 5.99. The van der Waals surface area contributed by atoms with Crippen LogP contribution in [0.3, 0.4) is 0 Å². The summed E-state index contributed by atoms with van der Waals surface area (Å²) in [5, 5.41) is 11.7. The zero-order valence-corrected chi connectivity index (χ0v) is 10.8. The van der Waals surface area contributed by atoms with Gasteiger partial charge in [0.15, 0.2) is 11.5 Å². The fourth-order valence-corrected chi connectivity index (χ4v) is 4.46. The molecule has 2 N–H and O–H groups in total. The average Bonchev–Trinajstić information content (AvgIpc) is 2.88. The van der Waals surface area contributed by atoms with E-state index in [9.17, 15) is 9.59 Å². The van der Waals surface area contributed by atoms with Gasteiger partial charge < -0.3 is 10.4 Å². The number of aromatic carboxylic acids is 1.